The van der Waals surface area contributed by atoms with E-state index in [0.29, 0.717) is 5.56 Å². The average Bonchev–Trinajstić information content (AvgIpc) is 2.44. The molecular formula is C14H18BrNO5S. The van der Waals surface area contributed by atoms with Crippen LogP contribution in [0.2, 0.25) is 0 Å². The summed E-state index contributed by atoms with van der Waals surface area (Å²) in [4.78, 5) is 23.9. The highest BCUT2D eigenvalue weighted by molar-refractivity contribution is 9.10. The highest BCUT2D eigenvalue weighted by atomic mass is 79.9. The van der Waals surface area contributed by atoms with E-state index in [-0.39, 0.29) is 12.2 Å². The van der Waals surface area contributed by atoms with Crippen molar-refractivity contribution < 1.29 is 22.7 Å². The third-order valence-electron chi connectivity index (χ3n) is 2.99. The number of carbonyl (C=O) groups is 2. The highest BCUT2D eigenvalue weighted by Gasteiger charge is 2.23. The van der Waals surface area contributed by atoms with Crippen LogP contribution in [0.5, 0.6) is 0 Å². The second-order valence-electron chi connectivity index (χ2n) is 4.93. The molecule has 0 saturated heterocycles. The van der Waals surface area contributed by atoms with Crippen LogP contribution >= 0.6 is 15.9 Å². The predicted molar refractivity (Wildman–Crippen MR) is 86.5 cm³/mol. The molecule has 0 saturated carbocycles. The van der Waals surface area contributed by atoms with Crippen LogP contribution in [0.3, 0.4) is 0 Å². The molecule has 1 atom stereocenters. The second-order valence-corrected chi connectivity index (χ2v) is 8.05. The largest absolute Gasteiger partial charge is 0.467 e. The number of halogens is 1. The number of nitrogens with one attached hydrogen (secondary N) is 1. The van der Waals surface area contributed by atoms with Gasteiger partial charge in [0.05, 0.1) is 12.9 Å². The summed E-state index contributed by atoms with van der Waals surface area (Å²) in [6, 6.07) is 4.01. The molecule has 0 aliphatic carbocycles. The molecule has 122 valence electrons. The Kier molecular flexibility index (Phi) is 6.55. The van der Waals surface area contributed by atoms with Crippen LogP contribution in [0.4, 0.5) is 0 Å². The molecule has 1 aromatic carbocycles. The Morgan fingerprint density at radius 2 is 2.00 bits per heavy atom. The Bertz CT molecular complexity index is 672. The van der Waals surface area contributed by atoms with Gasteiger partial charge in [0.2, 0.25) is 0 Å². The van der Waals surface area contributed by atoms with E-state index in [1.165, 1.54) is 7.11 Å². The fourth-order valence-electron chi connectivity index (χ4n) is 1.75. The van der Waals surface area contributed by atoms with Crippen LogP contribution in [0, 0.1) is 6.92 Å². The molecule has 1 N–H and O–H groups in total. The normalized spacial score (nSPS) is 12.5. The van der Waals surface area contributed by atoms with Crippen LogP contribution in [0.25, 0.3) is 0 Å². The first kappa shape index (κ1) is 18.6. The summed E-state index contributed by atoms with van der Waals surface area (Å²) >= 11 is 3.34. The minimum Gasteiger partial charge on any atom is -0.467 e. The number of benzene rings is 1. The van der Waals surface area contributed by atoms with E-state index < -0.39 is 27.8 Å². The van der Waals surface area contributed by atoms with Crippen molar-refractivity contribution in [3.05, 3.63) is 33.8 Å². The Labute approximate surface area is 138 Å². The van der Waals surface area contributed by atoms with Gasteiger partial charge in [0.1, 0.15) is 15.9 Å². The number of sulfone groups is 1. The van der Waals surface area contributed by atoms with Gasteiger partial charge in [0.15, 0.2) is 0 Å². The zero-order valence-corrected chi connectivity index (χ0v) is 15.0. The van der Waals surface area contributed by atoms with Gasteiger partial charge in [-0.2, -0.15) is 0 Å². The second kappa shape index (κ2) is 7.73. The van der Waals surface area contributed by atoms with Crippen molar-refractivity contribution in [1.29, 1.82) is 0 Å². The minimum absolute atomic E-state index is 0.0350. The van der Waals surface area contributed by atoms with Gasteiger partial charge < -0.3 is 10.1 Å². The number of aryl methyl sites for hydroxylation is 1. The van der Waals surface area contributed by atoms with Crippen molar-refractivity contribution in [2.24, 2.45) is 0 Å². The molecule has 22 heavy (non-hydrogen) atoms. The van der Waals surface area contributed by atoms with Crippen LogP contribution in [-0.2, 0) is 19.4 Å². The van der Waals surface area contributed by atoms with Crippen molar-refractivity contribution in [3.8, 4) is 0 Å². The van der Waals surface area contributed by atoms with Gasteiger partial charge in [-0.3, -0.25) is 4.79 Å². The maximum atomic E-state index is 12.2. The summed E-state index contributed by atoms with van der Waals surface area (Å²) in [5, 5.41) is 2.51. The van der Waals surface area contributed by atoms with Gasteiger partial charge in [-0.1, -0.05) is 15.9 Å². The highest BCUT2D eigenvalue weighted by Crippen LogP contribution is 2.17. The molecule has 0 heterocycles. The smallest absolute Gasteiger partial charge is 0.328 e. The number of methoxy groups -OCH3 is 1. The van der Waals surface area contributed by atoms with E-state index in [0.717, 1.165) is 16.3 Å². The summed E-state index contributed by atoms with van der Waals surface area (Å²) in [5.74, 6) is -1.35. The molecule has 0 aromatic heterocycles. The molecule has 6 nitrogen and oxygen atoms in total. The number of rotatable bonds is 6. The van der Waals surface area contributed by atoms with Crippen LogP contribution in [0.15, 0.2) is 22.7 Å². The molecule has 1 aromatic rings. The van der Waals surface area contributed by atoms with E-state index in [4.69, 9.17) is 0 Å². The topological polar surface area (TPSA) is 89.5 Å². The molecule has 8 heteroatoms. The molecule has 0 aliphatic heterocycles. The van der Waals surface area contributed by atoms with E-state index in [1.54, 1.807) is 18.2 Å². The van der Waals surface area contributed by atoms with E-state index in [2.05, 4.69) is 26.0 Å². The van der Waals surface area contributed by atoms with Crippen LogP contribution < -0.4 is 5.32 Å². The minimum atomic E-state index is -3.24. The fourth-order valence-corrected chi connectivity index (χ4v) is 2.66. The lowest BCUT2D eigenvalue weighted by Gasteiger charge is -2.16. The third kappa shape index (κ3) is 5.76. The molecule has 0 spiro atoms. The van der Waals surface area contributed by atoms with Crippen molar-refractivity contribution in [2.45, 2.75) is 19.4 Å². The van der Waals surface area contributed by atoms with Gasteiger partial charge in [0, 0.05) is 16.3 Å². The number of amides is 1. The summed E-state index contributed by atoms with van der Waals surface area (Å²) in [5.41, 5.74) is 1.26. The number of hydrogen-bond acceptors (Lipinski definition) is 5. The van der Waals surface area contributed by atoms with Gasteiger partial charge in [0.25, 0.3) is 5.91 Å². The third-order valence-corrected chi connectivity index (χ3v) is 4.86. The zero-order chi connectivity index (χ0) is 16.9. The lowest BCUT2D eigenvalue weighted by atomic mass is 10.1. The van der Waals surface area contributed by atoms with E-state index >= 15 is 0 Å². The first-order valence-corrected chi connectivity index (χ1v) is 9.32. The Balaban J connectivity index is 2.86. The monoisotopic (exact) mass is 391 g/mol. The predicted octanol–water partition coefficient (Wildman–Crippen LogP) is 1.46. The standard InChI is InChI=1S/C14H18BrNO5S/c1-9-8-10(4-5-11(9)15)13(17)16-12(14(18)21-2)6-7-22(3,19)20/h4-5,8,12H,6-7H2,1-3H3,(H,16,17)/t12-/m0/s1. The average molecular weight is 392 g/mol. The molecule has 0 fully saturated rings. The zero-order valence-electron chi connectivity index (χ0n) is 12.6. The lowest BCUT2D eigenvalue weighted by molar-refractivity contribution is -0.142. The Morgan fingerprint density at radius 1 is 1.36 bits per heavy atom. The maximum absolute atomic E-state index is 12.2. The molecule has 1 amide bonds. The van der Waals surface area contributed by atoms with Gasteiger partial charge >= 0.3 is 5.97 Å². The Hall–Kier alpha value is -1.41. The van der Waals surface area contributed by atoms with Gasteiger partial charge in [-0.25, -0.2) is 13.2 Å². The van der Waals surface area contributed by atoms with E-state index in [1.807, 2.05) is 6.92 Å². The Morgan fingerprint density at radius 3 is 2.50 bits per heavy atom. The lowest BCUT2D eigenvalue weighted by Crippen LogP contribution is -2.42. The van der Waals surface area contributed by atoms with Crippen LogP contribution in [0.1, 0.15) is 22.3 Å². The van der Waals surface area contributed by atoms with Crippen molar-refractivity contribution in [1.82, 2.24) is 5.32 Å². The van der Waals surface area contributed by atoms with Crippen LogP contribution in [-0.4, -0.2) is 45.5 Å². The summed E-state index contributed by atoms with van der Waals surface area (Å²) < 4.78 is 27.9. The summed E-state index contributed by atoms with van der Waals surface area (Å²) in [6.45, 7) is 1.84. The number of esters is 1. The van der Waals surface area contributed by atoms with Crippen molar-refractivity contribution in [2.75, 3.05) is 19.1 Å². The molecule has 0 aliphatic rings. The molecule has 0 bridgehead atoms. The summed E-state index contributed by atoms with van der Waals surface area (Å²) in [7, 11) is -2.05. The van der Waals surface area contributed by atoms with E-state index in [9.17, 15) is 18.0 Å². The van der Waals surface area contributed by atoms with Gasteiger partial charge in [-0.05, 0) is 37.1 Å². The summed E-state index contributed by atoms with van der Waals surface area (Å²) in [6.07, 6.45) is 1.04. The quantitative estimate of drug-likeness (QED) is 0.741. The molecule has 1 rings (SSSR count). The SMILES string of the molecule is COC(=O)[C@H](CCS(C)(=O)=O)NC(=O)c1ccc(Br)c(C)c1. The first-order valence-electron chi connectivity index (χ1n) is 6.46. The molecule has 0 radical (unpaired) electrons. The van der Waals surface area contributed by atoms with Gasteiger partial charge in [-0.15, -0.1) is 0 Å². The molecule has 0 unspecified atom stereocenters. The number of ether oxygens (including phenoxy) is 1. The number of hydrogen-bond donors (Lipinski definition) is 1. The first-order chi connectivity index (χ1) is 10.1. The van der Waals surface area contributed by atoms with Crippen molar-refractivity contribution in [3.63, 3.8) is 0 Å². The van der Waals surface area contributed by atoms with Crippen molar-refractivity contribution >= 4 is 37.6 Å². The fraction of sp³-hybridized carbons (Fsp3) is 0.429. The maximum Gasteiger partial charge on any atom is 0.328 e. The number of carbonyl (C=O) groups excluding carboxylic acids is 2. The molecular weight excluding hydrogens is 374 g/mol.